The lowest BCUT2D eigenvalue weighted by Gasteiger charge is -2.23. The second kappa shape index (κ2) is 8.79. The molecule has 0 fully saturated rings. The van der Waals surface area contributed by atoms with E-state index in [9.17, 15) is 14.4 Å². The third-order valence-corrected chi connectivity index (χ3v) is 4.89. The Morgan fingerprint density at radius 3 is 2.43 bits per heavy atom. The van der Waals surface area contributed by atoms with Crippen molar-refractivity contribution in [3.8, 4) is 5.75 Å². The maximum Gasteiger partial charge on any atom is 0.265 e. The van der Waals surface area contributed by atoms with Crippen LogP contribution in [0, 0.1) is 6.92 Å². The van der Waals surface area contributed by atoms with Crippen molar-refractivity contribution < 1.29 is 19.1 Å². The number of fused-ring (bicyclic) bond motifs is 1. The first-order chi connectivity index (χ1) is 13.4. The first-order valence-electron chi connectivity index (χ1n) is 8.76. The average Bonchev–Trinajstić information content (AvgIpc) is 2.63. The Morgan fingerprint density at radius 2 is 1.75 bits per heavy atom. The van der Waals surface area contributed by atoms with E-state index in [1.807, 2.05) is 31.2 Å². The second-order valence-electron chi connectivity index (χ2n) is 6.42. The summed E-state index contributed by atoms with van der Waals surface area (Å²) < 4.78 is 5.48. The Morgan fingerprint density at radius 1 is 1.07 bits per heavy atom. The van der Waals surface area contributed by atoms with Crippen molar-refractivity contribution in [3.63, 3.8) is 0 Å². The number of benzene rings is 2. The third kappa shape index (κ3) is 5.26. The van der Waals surface area contributed by atoms with Gasteiger partial charge in [0, 0.05) is 11.4 Å². The normalized spacial score (nSPS) is 15.1. The van der Waals surface area contributed by atoms with Gasteiger partial charge in [-0.05, 0) is 49.7 Å². The molecule has 3 rings (SSSR count). The number of rotatable bonds is 6. The molecule has 8 heteroatoms. The Labute approximate surface area is 167 Å². The average molecular weight is 399 g/mol. The molecule has 1 heterocycles. The molecule has 0 aliphatic carbocycles. The molecule has 1 aliphatic rings. The lowest BCUT2D eigenvalue weighted by molar-refractivity contribution is -0.122. The molecular formula is C20H21N3O4S. The molecule has 0 unspecified atom stereocenters. The quantitative estimate of drug-likeness (QED) is 0.694. The molecule has 3 amide bonds. The number of carbonyl (C=O) groups excluding carboxylic acids is 3. The van der Waals surface area contributed by atoms with Gasteiger partial charge in [-0.15, -0.1) is 11.8 Å². The van der Waals surface area contributed by atoms with Crippen LogP contribution in [0.1, 0.15) is 12.5 Å². The zero-order chi connectivity index (χ0) is 20.1. The Kier molecular flexibility index (Phi) is 6.20. The highest BCUT2D eigenvalue weighted by atomic mass is 32.2. The first-order valence-corrected chi connectivity index (χ1v) is 9.92. The maximum absolute atomic E-state index is 12.1. The van der Waals surface area contributed by atoms with E-state index >= 15 is 0 Å². The summed E-state index contributed by atoms with van der Waals surface area (Å²) in [5.41, 5.74) is 2.87. The highest BCUT2D eigenvalue weighted by molar-refractivity contribution is 8.00. The molecule has 0 spiro atoms. The van der Waals surface area contributed by atoms with Gasteiger partial charge in [0.05, 0.1) is 17.2 Å². The molecule has 1 atom stereocenters. The molecule has 0 saturated carbocycles. The minimum atomic E-state index is -0.546. The van der Waals surface area contributed by atoms with E-state index in [-0.39, 0.29) is 29.2 Å². The number of nitrogens with one attached hydrogen (secondary N) is 3. The van der Waals surface area contributed by atoms with Gasteiger partial charge in [-0.3, -0.25) is 14.4 Å². The molecule has 28 heavy (non-hydrogen) atoms. The van der Waals surface area contributed by atoms with Gasteiger partial charge < -0.3 is 20.7 Å². The van der Waals surface area contributed by atoms with Crippen LogP contribution >= 0.6 is 11.8 Å². The number of aryl methyl sites for hydroxylation is 1. The van der Waals surface area contributed by atoms with Crippen molar-refractivity contribution >= 4 is 46.5 Å². The van der Waals surface area contributed by atoms with E-state index in [4.69, 9.17) is 4.74 Å². The zero-order valence-corrected chi connectivity index (χ0v) is 16.4. The number of thioether (sulfide) groups is 1. The van der Waals surface area contributed by atoms with E-state index in [1.54, 1.807) is 25.1 Å². The largest absolute Gasteiger partial charge is 0.479 e. The fourth-order valence-electron chi connectivity index (χ4n) is 2.64. The summed E-state index contributed by atoms with van der Waals surface area (Å²) in [5, 5.41) is 8.29. The van der Waals surface area contributed by atoms with E-state index < -0.39 is 6.10 Å². The van der Waals surface area contributed by atoms with Crippen molar-refractivity contribution in [2.45, 2.75) is 20.0 Å². The SMILES string of the molecule is Cc1cccc(NC(=O)CSCC(=O)Nc2ccc3c(c2)NC(=O)[C@@H](C)O3)c1. The number of hydrogen-bond acceptors (Lipinski definition) is 5. The van der Waals surface area contributed by atoms with Crippen LogP contribution in [-0.4, -0.2) is 35.3 Å². The number of ether oxygens (including phenoxy) is 1. The number of hydrogen-bond donors (Lipinski definition) is 3. The Bertz CT molecular complexity index is 916. The van der Waals surface area contributed by atoms with Crippen LogP contribution in [0.2, 0.25) is 0 Å². The van der Waals surface area contributed by atoms with Crippen LogP contribution < -0.4 is 20.7 Å². The summed E-state index contributed by atoms with van der Waals surface area (Å²) in [4.78, 5) is 35.7. The molecule has 7 nitrogen and oxygen atoms in total. The highest BCUT2D eigenvalue weighted by Gasteiger charge is 2.23. The number of amides is 3. The van der Waals surface area contributed by atoms with E-state index in [1.165, 1.54) is 11.8 Å². The van der Waals surface area contributed by atoms with Gasteiger partial charge in [0.2, 0.25) is 11.8 Å². The Balaban J connectivity index is 1.45. The molecule has 1 aliphatic heterocycles. The van der Waals surface area contributed by atoms with Gasteiger partial charge in [0.15, 0.2) is 6.10 Å². The third-order valence-electron chi connectivity index (χ3n) is 3.96. The fraction of sp³-hybridized carbons (Fsp3) is 0.250. The number of carbonyl (C=O) groups is 3. The van der Waals surface area contributed by atoms with Crippen LogP contribution in [0.15, 0.2) is 42.5 Å². The summed E-state index contributed by atoms with van der Waals surface area (Å²) in [7, 11) is 0. The standard InChI is InChI=1S/C20H21N3O4S/c1-12-4-3-5-14(8-12)21-18(24)10-28-11-19(25)22-15-6-7-17-16(9-15)23-20(26)13(2)27-17/h3-9,13H,10-11H2,1-2H3,(H,21,24)(H,22,25)(H,23,26)/t13-/m1/s1. The maximum atomic E-state index is 12.1. The molecule has 2 aromatic rings. The monoisotopic (exact) mass is 399 g/mol. The smallest absolute Gasteiger partial charge is 0.265 e. The van der Waals surface area contributed by atoms with Crippen molar-refractivity contribution in [2.24, 2.45) is 0 Å². The molecule has 146 valence electrons. The zero-order valence-electron chi connectivity index (χ0n) is 15.6. The molecule has 3 N–H and O–H groups in total. The van der Waals surface area contributed by atoms with E-state index in [2.05, 4.69) is 16.0 Å². The van der Waals surface area contributed by atoms with Crippen LogP contribution in [-0.2, 0) is 14.4 Å². The first kappa shape index (κ1) is 19.8. The summed E-state index contributed by atoms with van der Waals surface area (Å²) in [6.07, 6.45) is -0.546. The summed E-state index contributed by atoms with van der Waals surface area (Å²) >= 11 is 1.22. The van der Waals surface area contributed by atoms with Gasteiger partial charge in [-0.25, -0.2) is 0 Å². The topological polar surface area (TPSA) is 96.5 Å². The van der Waals surface area contributed by atoms with Crippen LogP contribution in [0.3, 0.4) is 0 Å². The molecule has 2 aromatic carbocycles. The van der Waals surface area contributed by atoms with Crippen LogP contribution in [0.4, 0.5) is 17.1 Å². The van der Waals surface area contributed by atoms with Gasteiger partial charge in [-0.1, -0.05) is 12.1 Å². The summed E-state index contributed by atoms with van der Waals surface area (Å²) in [6, 6.07) is 12.6. The lowest BCUT2D eigenvalue weighted by atomic mass is 10.2. The minimum Gasteiger partial charge on any atom is -0.479 e. The summed E-state index contributed by atoms with van der Waals surface area (Å²) in [6.45, 7) is 3.62. The minimum absolute atomic E-state index is 0.137. The van der Waals surface area contributed by atoms with E-state index in [0.717, 1.165) is 11.3 Å². The Hall–Kier alpha value is -3.00. The van der Waals surface area contributed by atoms with Gasteiger partial charge in [-0.2, -0.15) is 0 Å². The number of anilines is 3. The fourth-order valence-corrected chi connectivity index (χ4v) is 3.26. The molecule has 0 bridgehead atoms. The van der Waals surface area contributed by atoms with Crippen LogP contribution in [0.5, 0.6) is 5.75 Å². The van der Waals surface area contributed by atoms with Gasteiger partial charge in [0.25, 0.3) is 5.91 Å². The predicted octanol–water partition coefficient (Wildman–Crippen LogP) is 3.02. The van der Waals surface area contributed by atoms with Crippen LogP contribution in [0.25, 0.3) is 0 Å². The lowest BCUT2D eigenvalue weighted by Crippen LogP contribution is -2.34. The molecule has 0 radical (unpaired) electrons. The summed E-state index contributed by atoms with van der Waals surface area (Å²) in [5.74, 6) is 0.250. The molecule has 0 aromatic heterocycles. The van der Waals surface area contributed by atoms with Crippen molar-refractivity contribution in [2.75, 3.05) is 27.5 Å². The van der Waals surface area contributed by atoms with Crippen molar-refractivity contribution in [1.82, 2.24) is 0 Å². The predicted molar refractivity (Wildman–Crippen MR) is 111 cm³/mol. The van der Waals surface area contributed by atoms with E-state index in [0.29, 0.717) is 17.1 Å². The second-order valence-corrected chi connectivity index (χ2v) is 7.40. The molecular weight excluding hydrogens is 378 g/mol. The molecule has 0 saturated heterocycles. The van der Waals surface area contributed by atoms with Crippen molar-refractivity contribution in [3.05, 3.63) is 48.0 Å². The van der Waals surface area contributed by atoms with Gasteiger partial charge in [0.1, 0.15) is 5.75 Å². The van der Waals surface area contributed by atoms with Crippen molar-refractivity contribution in [1.29, 1.82) is 0 Å². The highest BCUT2D eigenvalue weighted by Crippen LogP contribution is 2.32. The van der Waals surface area contributed by atoms with Gasteiger partial charge >= 0.3 is 0 Å².